The Balaban J connectivity index is 1.82. The summed E-state index contributed by atoms with van der Waals surface area (Å²) < 4.78 is 12.2. The fourth-order valence-electron chi connectivity index (χ4n) is 2.86. The van der Waals surface area contributed by atoms with E-state index in [2.05, 4.69) is 15.5 Å². The molecular formula is C21H23ClN4O3S. The Kier molecular flexibility index (Phi) is 8.27. The zero-order valence-electron chi connectivity index (χ0n) is 16.8. The molecule has 1 amide bonds. The number of amides is 1. The lowest BCUT2D eigenvalue weighted by Crippen LogP contribution is -2.27. The van der Waals surface area contributed by atoms with Gasteiger partial charge in [-0.05, 0) is 29.8 Å². The molecule has 3 rings (SSSR count). The van der Waals surface area contributed by atoms with E-state index in [-0.39, 0.29) is 5.91 Å². The van der Waals surface area contributed by atoms with Gasteiger partial charge in [0.2, 0.25) is 0 Å². The standard InChI is InChI=1S/C21H23ClN4O3S/c1-28-11-10-23-20(27)18-9-4-3-6-15(18)14-30-21-25-24-19(13-29-2)26(21)17-8-5-7-16(22)12-17/h3-9,12H,10-11,13-14H2,1-2H3,(H,23,27). The van der Waals surface area contributed by atoms with Gasteiger partial charge in [-0.3, -0.25) is 9.36 Å². The van der Waals surface area contributed by atoms with Crippen LogP contribution in [0.3, 0.4) is 0 Å². The summed E-state index contributed by atoms with van der Waals surface area (Å²) >= 11 is 7.67. The summed E-state index contributed by atoms with van der Waals surface area (Å²) in [5.74, 6) is 1.10. The van der Waals surface area contributed by atoms with Crippen LogP contribution in [0.5, 0.6) is 0 Å². The van der Waals surface area contributed by atoms with Crippen molar-refractivity contribution in [2.75, 3.05) is 27.4 Å². The predicted octanol–water partition coefficient (Wildman–Crippen LogP) is 3.74. The highest BCUT2D eigenvalue weighted by atomic mass is 35.5. The fraction of sp³-hybridized carbons (Fsp3) is 0.286. The summed E-state index contributed by atoms with van der Waals surface area (Å²) in [5, 5.41) is 12.8. The number of carbonyl (C=O) groups is 1. The van der Waals surface area contributed by atoms with Crippen molar-refractivity contribution in [1.82, 2.24) is 20.1 Å². The highest BCUT2D eigenvalue weighted by Crippen LogP contribution is 2.27. The third-order valence-corrected chi connectivity index (χ3v) is 5.46. The molecule has 0 aliphatic heterocycles. The molecule has 158 valence electrons. The minimum Gasteiger partial charge on any atom is -0.383 e. The molecule has 1 N–H and O–H groups in total. The first kappa shape index (κ1) is 22.3. The number of thioether (sulfide) groups is 1. The molecule has 9 heteroatoms. The smallest absolute Gasteiger partial charge is 0.251 e. The van der Waals surface area contributed by atoms with E-state index < -0.39 is 0 Å². The van der Waals surface area contributed by atoms with E-state index in [0.29, 0.717) is 47.1 Å². The molecule has 0 saturated heterocycles. The molecule has 3 aromatic rings. The van der Waals surface area contributed by atoms with Crippen LogP contribution in [0, 0.1) is 0 Å². The number of benzene rings is 2. The molecule has 2 aromatic carbocycles. The number of carbonyl (C=O) groups excluding carboxylic acids is 1. The van der Waals surface area contributed by atoms with Crippen LogP contribution in [0.4, 0.5) is 0 Å². The van der Waals surface area contributed by atoms with Crippen LogP contribution < -0.4 is 5.32 Å². The van der Waals surface area contributed by atoms with Crippen molar-refractivity contribution in [1.29, 1.82) is 0 Å². The first-order valence-corrected chi connectivity index (χ1v) is 10.7. The van der Waals surface area contributed by atoms with Crippen molar-refractivity contribution in [2.24, 2.45) is 0 Å². The van der Waals surface area contributed by atoms with Gasteiger partial charge in [-0.25, -0.2) is 0 Å². The fourth-order valence-corrected chi connectivity index (χ4v) is 4.02. The summed E-state index contributed by atoms with van der Waals surface area (Å²) in [6.45, 7) is 1.24. The Labute approximate surface area is 184 Å². The number of rotatable bonds is 10. The normalized spacial score (nSPS) is 10.9. The van der Waals surface area contributed by atoms with Gasteiger partial charge >= 0.3 is 0 Å². The van der Waals surface area contributed by atoms with Crippen LogP contribution in [0.2, 0.25) is 5.02 Å². The van der Waals surface area contributed by atoms with E-state index in [4.69, 9.17) is 21.1 Å². The maximum absolute atomic E-state index is 12.5. The van der Waals surface area contributed by atoms with Crippen LogP contribution in [-0.4, -0.2) is 48.0 Å². The van der Waals surface area contributed by atoms with Gasteiger partial charge in [0.1, 0.15) is 6.61 Å². The molecule has 7 nitrogen and oxygen atoms in total. The summed E-state index contributed by atoms with van der Waals surface area (Å²) in [6.07, 6.45) is 0. The molecule has 0 spiro atoms. The molecule has 30 heavy (non-hydrogen) atoms. The minimum absolute atomic E-state index is 0.125. The van der Waals surface area contributed by atoms with Crippen LogP contribution in [0.25, 0.3) is 5.69 Å². The summed E-state index contributed by atoms with van der Waals surface area (Å²) in [6, 6.07) is 15.0. The van der Waals surface area contributed by atoms with Crippen LogP contribution >= 0.6 is 23.4 Å². The topological polar surface area (TPSA) is 78.3 Å². The number of aromatic nitrogens is 3. The number of methoxy groups -OCH3 is 2. The number of nitrogens with zero attached hydrogens (tertiary/aromatic N) is 3. The lowest BCUT2D eigenvalue weighted by Gasteiger charge is -2.12. The van der Waals surface area contributed by atoms with Crippen LogP contribution in [0.1, 0.15) is 21.7 Å². The maximum atomic E-state index is 12.5. The van der Waals surface area contributed by atoms with Gasteiger partial charge in [-0.2, -0.15) is 0 Å². The van der Waals surface area contributed by atoms with Crippen LogP contribution in [-0.2, 0) is 21.8 Å². The lowest BCUT2D eigenvalue weighted by molar-refractivity contribution is 0.0936. The second-order valence-electron chi connectivity index (χ2n) is 6.34. The first-order valence-electron chi connectivity index (χ1n) is 9.31. The van der Waals surface area contributed by atoms with E-state index in [0.717, 1.165) is 11.3 Å². The van der Waals surface area contributed by atoms with Gasteiger partial charge in [-0.15, -0.1) is 10.2 Å². The summed E-state index contributed by atoms with van der Waals surface area (Å²) in [7, 11) is 3.22. The molecule has 1 aromatic heterocycles. The highest BCUT2D eigenvalue weighted by molar-refractivity contribution is 7.98. The molecule has 0 atom stereocenters. The van der Waals surface area contributed by atoms with Gasteiger partial charge in [0.15, 0.2) is 11.0 Å². The number of hydrogen-bond acceptors (Lipinski definition) is 6. The van der Waals surface area contributed by atoms with Crippen molar-refractivity contribution in [3.05, 3.63) is 70.5 Å². The molecule has 0 unspecified atom stereocenters. The Morgan fingerprint density at radius 2 is 1.97 bits per heavy atom. The maximum Gasteiger partial charge on any atom is 0.251 e. The quantitative estimate of drug-likeness (QED) is 0.377. The van der Waals surface area contributed by atoms with E-state index in [1.807, 2.05) is 53.1 Å². The van der Waals surface area contributed by atoms with E-state index >= 15 is 0 Å². The zero-order valence-corrected chi connectivity index (χ0v) is 18.4. The second-order valence-corrected chi connectivity index (χ2v) is 7.72. The van der Waals surface area contributed by atoms with Crippen LogP contribution in [0.15, 0.2) is 53.7 Å². The number of ether oxygens (including phenoxy) is 2. The van der Waals surface area contributed by atoms with Gasteiger partial charge < -0.3 is 14.8 Å². The molecule has 0 aliphatic rings. The van der Waals surface area contributed by atoms with Gasteiger partial charge in [0, 0.05) is 37.1 Å². The van der Waals surface area contributed by atoms with Gasteiger partial charge in [0.25, 0.3) is 5.91 Å². The van der Waals surface area contributed by atoms with E-state index in [1.54, 1.807) is 14.2 Å². The molecule has 0 fully saturated rings. The van der Waals surface area contributed by atoms with E-state index in [1.165, 1.54) is 11.8 Å². The Bertz CT molecular complexity index is 996. The third kappa shape index (κ3) is 5.60. The van der Waals surface area contributed by atoms with E-state index in [9.17, 15) is 4.79 Å². The largest absolute Gasteiger partial charge is 0.383 e. The summed E-state index contributed by atoms with van der Waals surface area (Å²) in [5.41, 5.74) is 2.39. The van der Waals surface area contributed by atoms with Gasteiger partial charge in [0.05, 0.1) is 12.3 Å². The summed E-state index contributed by atoms with van der Waals surface area (Å²) in [4.78, 5) is 12.5. The Hall–Kier alpha value is -2.39. The third-order valence-electron chi connectivity index (χ3n) is 4.25. The number of nitrogens with one attached hydrogen (secondary N) is 1. The average molecular weight is 447 g/mol. The highest BCUT2D eigenvalue weighted by Gasteiger charge is 2.17. The van der Waals surface area contributed by atoms with Crippen molar-refractivity contribution >= 4 is 29.3 Å². The molecule has 0 aliphatic carbocycles. The number of halogens is 1. The first-order chi connectivity index (χ1) is 14.6. The molecule has 1 heterocycles. The number of hydrogen-bond donors (Lipinski definition) is 1. The molecule has 0 radical (unpaired) electrons. The molecular weight excluding hydrogens is 424 g/mol. The zero-order chi connectivity index (χ0) is 21.3. The second kappa shape index (κ2) is 11.1. The lowest BCUT2D eigenvalue weighted by atomic mass is 10.1. The monoisotopic (exact) mass is 446 g/mol. The van der Waals surface area contributed by atoms with Crippen molar-refractivity contribution in [3.63, 3.8) is 0 Å². The Morgan fingerprint density at radius 1 is 1.13 bits per heavy atom. The molecule has 0 saturated carbocycles. The SMILES string of the molecule is COCCNC(=O)c1ccccc1CSc1nnc(COC)n1-c1cccc(Cl)c1. The van der Waals surface area contributed by atoms with Crippen molar-refractivity contribution in [3.8, 4) is 5.69 Å². The average Bonchev–Trinajstić information content (AvgIpc) is 3.15. The van der Waals surface area contributed by atoms with Crippen molar-refractivity contribution in [2.45, 2.75) is 17.5 Å². The van der Waals surface area contributed by atoms with Crippen molar-refractivity contribution < 1.29 is 14.3 Å². The molecule has 0 bridgehead atoms. The van der Waals surface area contributed by atoms with Gasteiger partial charge in [-0.1, -0.05) is 47.6 Å². The Morgan fingerprint density at radius 3 is 2.73 bits per heavy atom. The predicted molar refractivity (Wildman–Crippen MR) is 117 cm³/mol. The minimum atomic E-state index is -0.125.